The van der Waals surface area contributed by atoms with E-state index in [4.69, 9.17) is 9.84 Å². The summed E-state index contributed by atoms with van der Waals surface area (Å²) in [6.07, 6.45) is 6.49. The molecule has 0 aliphatic carbocycles. The third-order valence-electron chi connectivity index (χ3n) is 4.10. The molecule has 114 valence electrons. The maximum Gasteiger partial charge on any atom is 0.328 e. The van der Waals surface area contributed by atoms with Crippen LogP contribution in [0.1, 0.15) is 37.3 Å². The second kappa shape index (κ2) is 7.27. The van der Waals surface area contributed by atoms with E-state index in [2.05, 4.69) is 11.8 Å². The third kappa shape index (κ3) is 4.08. The Kier molecular flexibility index (Phi) is 5.39. The highest BCUT2D eigenvalue weighted by Crippen LogP contribution is 2.26. The first kappa shape index (κ1) is 15.6. The van der Waals surface area contributed by atoms with Crippen LogP contribution in [0.25, 0.3) is 6.08 Å². The van der Waals surface area contributed by atoms with E-state index in [9.17, 15) is 4.79 Å². The maximum atomic E-state index is 10.7. The summed E-state index contributed by atoms with van der Waals surface area (Å²) in [5, 5.41) is 8.81. The first-order chi connectivity index (χ1) is 10.1. The lowest BCUT2D eigenvalue weighted by Crippen LogP contribution is -2.28. The Morgan fingerprint density at radius 2 is 2.33 bits per heavy atom. The molecule has 0 radical (unpaired) electrons. The van der Waals surface area contributed by atoms with Crippen LogP contribution in [0.2, 0.25) is 0 Å². The van der Waals surface area contributed by atoms with Gasteiger partial charge in [-0.1, -0.05) is 13.0 Å². The molecule has 1 saturated heterocycles. The van der Waals surface area contributed by atoms with Crippen LogP contribution in [0.4, 0.5) is 0 Å². The van der Waals surface area contributed by atoms with E-state index in [-0.39, 0.29) is 0 Å². The molecule has 0 spiro atoms. The Balaban J connectivity index is 2.24. The Morgan fingerprint density at radius 1 is 1.52 bits per heavy atom. The number of hydrogen-bond donors (Lipinski definition) is 1. The number of carboxylic acids is 1. The molecule has 4 nitrogen and oxygen atoms in total. The summed E-state index contributed by atoms with van der Waals surface area (Å²) in [6.45, 7) is 4.17. The molecule has 1 heterocycles. The average Bonchev–Trinajstić information content (AvgIpc) is 2.92. The minimum absolute atomic E-state index is 0.632. The SMILES string of the molecule is CCC1CCCN1Cc1cc(OC)ccc1C=CC(=O)O. The minimum atomic E-state index is -0.927. The van der Waals surface area contributed by atoms with E-state index in [0.29, 0.717) is 6.04 Å². The Labute approximate surface area is 126 Å². The number of methoxy groups -OCH3 is 1. The topological polar surface area (TPSA) is 49.8 Å². The average molecular weight is 289 g/mol. The van der Waals surface area contributed by atoms with E-state index < -0.39 is 5.97 Å². The minimum Gasteiger partial charge on any atom is -0.497 e. The number of likely N-dealkylation sites (tertiary alicyclic amines) is 1. The van der Waals surface area contributed by atoms with Crippen LogP contribution < -0.4 is 4.74 Å². The van der Waals surface area contributed by atoms with Crippen molar-refractivity contribution >= 4 is 12.0 Å². The molecule has 0 saturated carbocycles. The molecule has 1 N–H and O–H groups in total. The Bertz CT molecular complexity index is 525. The van der Waals surface area contributed by atoms with E-state index in [0.717, 1.165) is 36.4 Å². The van der Waals surface area contributed by atoms with E-state index in [1.54, 1.807) is 13.2 Å². The summed E-state index contributed by atoms with van der Waals surface area (Å²) < 4.78 is 5.29. The van der Waals surface area contributed by atoms with Crippen LogP contribution in [-0.4, -0.2) is 35.7 Å². The number of nitrogens with zero attached hydrogens (tertiary/aromatic N) is 1. The van der Waals surface area contributed by atoms with Gasteiger partial charge < -0.3 is 9.84 Å². The van der Waals surface area contributed by atoms with Gasteiger partial charge in [-0.2, -0.15) is 0 Å². The van der Waals surface area contributed by atoms with Gasteiger partial charge in [0.15, 0.2) is 0 Å². The fourth-order valence-corrected chi connectivity index (χ4v) is 2.95. The van der Waals surface area contributed by atoms with Gasteiger partial charge >= 0.3 is 5.97 Å². The van der Waals surface area contributed by atoms with Crippen LogP contribution in [0.15, 0.2) is 24.3 Å². The van der Waals surface area contributed by atoms with E-state index in [1.807, 2.05) is 18.2 Å². The van der Waals surface area contributed by atoms with Crippen molar-refractivity contribution in [2.24, 2.45) is 0 Å². The highest BCUT2D eigenvalue weighted by atomic mass is 16.5. The van der Waals surface area contributed by atoms with Crippen molar-refractivity contribution in [2.45, 2.75) is 38.8 Å². The van der Waals surface area contributed by atoms with Gasteiger partial charge in [0.25, 0.3) is 0 Å². The monoisotopic (exact) mass is 289 g/mol. The predicted molar refractivity (Wildman–Crippen MR) is 83.4 cm³/mol. The summed E-state index contributed by atoms with van der Waals surface area (Å²) >= 11 is 0. The number of rotatable bonds is 6. The zero-order valence-electron chi connectivity index (χ0n) is 12.7. The fourth-order valence-electron chi connectivity index (χ4n) is 2.95. The summed E-state index contributed by atoms with van der Waals surface area (Å²) in [6, 6.07) is 6.43. The number of hydrogen-bond acceptors (Lipinski definition) is 3. The van der Waals surface area contributed by atoms with Gasteiger partial charge in [0.1, 0.15) is 5.75 Å². The van der Waals surface area contributed by atoms with Crippen molar-refractivity contribution in [3.63, 3.8) is 0 Å². The lowest BCUT2D eigenvalue weighted by atomic mass is 10.0. The molecule has 1 aliphatic rings. The molecule has 0 amide bonds. The normalized spacial score (nSPS) is 19.2. The van der Waals surface area contributed by atoms with Crippen LogP contribution in [0.3, 0.4) is 0 Å². The first-order valence-electron chi connectivity index (χ1n) is 7.46. The maximum absolute atomic E-state index is 10.7. The van der Waals surface area contributed by atoms with Crippen molar-refractivity contribution < 1.29 is 14.6 Å². The van der Waals surface area contributed by atoms with Crippen molar-refractivity contribution in [1.82, 2.24) is 4.90 Å². The molecule has 1 aliphatic heterocycles. The number of carbonyl (C=O) groups is 1. The van der Waals surface area contributed by atoms with Gasteiger partial charge in [0.2, 0.25) is 0 Å². The molecule has 1 aromatic rings. The molecule has 0 aromatic heterocycles. The molecule has 1 unspecified atom stereocenters. The second-order valence-electron chi connectivity index (χ2n) is 5.41. The smallest absolute Gasteiger partial charge is 0.328 e. The van der Waals surface area contributed by atoms with Crippen LogP contribution in [0.5, 0.6) is 5.75 Å². The summed E-state index contributed by atoms with van der Waals surface area (Å²) in [7, 11) is 1.65. The zero-order valence-corrected chi connectivity index (χ0v) is 12.7. The lowest BCUT2D eigenvalue weighted by molar-refractivity contribution is -0.131. The molecule has 0 bridgehead atoms. The Hall–Kier alpha value is -1.81. The zero-order chi connectivity index (χ0) is 15.2. The summed E-state index contributed by atoms with van der Waals surface area (Å²) in [4.78, 5) is 13.2. The van der Waals surface area contributed by atoms with Crippen molar-refractivity contribution in [2.75, 3.05) is 13.7 Å². The highest BCUT2D eigenvalue weighted by Gasteiger charge is 2.23. The lowest BCUT2D eigenvalue weighted by Gasteiger charge is -2.24. The van der Waals surface area contributed by atoms with Crippen molar-refractivity contribution in [3.05, 3.63) is 35.4 Å². The molecule has 4 heteroatoms. The molecule has 2 rings (SSSR count). The molecular weight excluding hydrogens is 266 g/mol. The molecule has 1 atom stereocenters. The van der Waals surface area contributed by atoms with Crippen LogP contribution in [-0.2, 0) is 11.3 Å². The predicted octanol–water partition coefficient (Wildman–Crippen LogP) is 3.17. The number of carboxylic acid groups (broad SMARTS) is 1. The van der Waals surface area contributed by atoms with E-state index in [1.165, 1.54) is 18.9 Å². The van der Waals surface area contributed by atoms with Crippen LogP contribution >= 0.6 is 0 Å². The highest BCUT2D eigenvalue weighted by molar-refractivity contribution is 5.85. The molecular formula is C17H23NO3. The second-order valence-corrected chi connectivity index (χ2v) is 5.41. The Morgan fingerprint density at radius 3 is 3.00 bits per heavy atom. The summed E-state index contributed by atoms with van der Waals surface area (Å²) in [5.74, 6) is -0.117. The number of ether oxygens (including phenoxy) is 1. The van der Waals surface area contributed by atoms with Crippen LogP contribution in [0, 0.1) is 0 Å². The van der Waals surface area contributed by atoms with Gasteiger partial charge in [-0.05, 0) is 55.1 Å². The van der Waals surface area contributed by atoms with Gasteiger partial charge in [-0.15, -0.1) is 0 Å². The van der Waals surface area contributed by atoms with Gasteiger partial charge in [-0.3, -0.25) is 4.90 Å². The van der Waals surface area contributed by atoms with E-state index >= 15 is 0 Å². The quantitative estimate of drug-likeness (QED) is 0.817. The van der Waals surface area contributed by atoms with Crippen molar-refractivity contribution in [1.29, 1.82) is 0 Å². The number of aliphatic carboxylic acids is 1. The van der Waals surface area contributed by atoms with Crippen molar-refractivity contribution in [3.8, 4) is 5.75 Å². The summed E-state index contributed by atoms with van der Waals surface area (Å²) in [5.41, 5.74) is 2.06. The van der Waals surface area contributed by atoms with Gasteiger partial charge in [-0.25, -0.2) is 4.79 Å². The number of benzene rings is 1. The first-order valence-corrected chi connectivity index (χ1v) is 7.46. The van der Waals surface area contributed by atoms with Gasteiger partial charge in [0, 0.05) is 18.7 Å². The molecule has 1 fully saturated rings. The largest absolute Gasteiger partial charge is 0.497 e. The fraction of sp³-hybridized carbons (Fsp3) is 0.471. The molecule has 1 aromatic carbocycles. The third-order valence-corrected chi connectivity index (χ3v) is 4.10. The standard InChI is InChI=1S/C17H23NO3/c1-3-15-5-4-10-18(15)12-14-11-16(21-2)8-6-13(14)7-9-17(19)20/h6-9,11,15H,3-5,10,12H2,1-2H3,(H,19,20). The van der Waals surface area contributed by atoms with Gasteiger partial charge in [0.05, 0.1) is 7.11 Å². The molecule has 21 heavy (non-hydrogen) atoms.